The van der Waals surface area contributed by atoms with Crippen molar-refractivity contribution in [3.8, 4) is 0 Å². The van der Waals surface area contributed by atoms with Crippen LogP contribution < -0.4 is 4.90 Å². The average molecular weight is 325 g/mol. The monoisotopic (exact) mass is 325 g/mol. The van der Waals surface area contributed by atoms with Gasteiger partial charge in [0.25, 0.3) is 0 Å². The molecule has 24 heavy (non-hydrogen) atoms. The van der Waals surface area contributed by atoms with Gasteiger partial charge in [-0.2, -0.15) is 5.10 Å². The summed E-state index contributed by atoms with van der Waals surface area (Å²) in [6.45, 7) is 13.7. The van der Waals surface area contributed by atoms with Crippen molar-refractivity contribution in [2.75, 3.05) is 4.90 Å². The molecule has 5 heteroatoms. The molecule has 2 aromatic rings. The van der Waals surface area contributed by atoms with Crippen molar-refractivity contribution in [1.82, 2.24) is 14.9 Å². The predicted octanol–water partition coefficient (Wildman–Crippen LogP) is 3.97. The molecule has 0 amide bonds. The molecule has 1 aliphatic heterocycles. The molecule has 0 fully saturated rings. The third-order valence-electron chi connectivity index (χ3n) is 4.92. The molecule has 1 aromatic heterocycles. The minimum Gasteiger partial charge on any atom is -0.364 e. The van der Waals surface area contributed by atoms with Crippen LogP contribution in [0.1, 0.15) is 63.6 Å². The fourth-order valence-corrected chi connectivity index (χ4v) is 4.11. The summed E-state index contributed by atoms with van der Waals surface area (Å²) in [6.07, 6.45) is 6.24. The molecule has 3 rings (SSSR count). The first kappa shape index (κ1) is 16.7. The van der Waals surface area contributed by atoms with E-state index in [-0.39, 0.29) is 5.54 Å². The smallest absolute Gasteiger partial charge is 0.141 e. The zero-order chi connectivity index (χ0) is 17.5. The summed E-state index contributed by atoms with van der Waals surface area (Å²) in [4.78, 5) is 2.57. The molecule has 0 radical (unpaired) electrons. The number of aryl methyl sites for hydroxylation is 1. The lowest BCUT2D eigenvalue weighted by Gasteiger charge is -2.50. The van der Waals surface area contributed by atoms with Crippen LogP contribution in [0.25, 0.3) is 0 Å². The first-order chi connectivity index (χ1) is 11.3. The van der Waals surface area contributed by atoms with E-state index >= 15 is 0 Å². The summed E-state index contributed by atoms with van der Waals surface area (Å²) in [7, 11) is 0. The molecular weight excluding hydrogens is 298 g/mol. The van der Waals surface area contributed by atoms with E-state index in [2.05, 4.69) is 73.9 Å². The maximum atomic E-state index is 4.41. The van der Waals surface area contributed by atoms with Gasteiger partial charge in [0.05, 0.1) is 6.21 Å². The van der Waals surface area contributed by atoms with Gasteiger partial charge in [-0.05, 0) is 75.8 Å². The van der Waals surface area contributed by atoms with E-state index in [0.717, 1.165) is 12.0 Å². The average Bonchev–Trinajstić information content (AvgIpc) is 2.97. The number of nitrogens with zero attached hydrogens (tertiary/aromatic N) is 5. The molecule has 5 nitrogen and oxygen atoms in total. The van der Waals surface area contributed by atoms with Crippen LogP contribution in [-0.2, 0) is 0 Å². The number of hydrogen-bond acceptors (Lipinski definition) is 4. The summed E-state index contributed by atoms with van der Waals surface area (Å²) >= 11 is 0. The Morgan fingerprint density at radius 3 is 2.54 bits per heavy atom. The summed E-state index contributed by atoms with van der Waals surface area (Å²) in [5, 5.41) is 12.0. The fraction of sp³-hybridized carbons (Fsp3) is 0.526. The number of benzene rings is 1. The molecule has 0 N–H and O–H groups in total. The highest BCUT2D eigenvalue weighted by molar-refractivity contribution is 5.84. The van der Waals surface area contributed by atoms with E-state index < -0.39 is 0 Å². The van der Waals surface area contributed by atoms with Gasteiger partial charge in [-0.3, -0.25) is 0 Å². The Labute approximate surface area is 144 Å². The van der Waals surface area contributed by atoms with Crippen LogP contribution in [0, 0.1) is 6.92 Å². The highest BCUT2D eigenvalue weighted by atomic mass is 15.4. The molecule has 1 atom stereocenters. The number of hydrogen-bond donors (Lipinski definition) is 0. The van der Waals surface area contributed by atoms with Crippen molar-refractivity contribution < 1.29 is 0 Å². The second-order valence-electron chi connectivity index (χ2n) is 7.74. The Morgan fingerprint density at radius 2 is 1.92 bits per heavy atom. The standard InChI is InChI=1S/C19H27N5/c1-13(2)24-18-7-14(3)16(10-22-23-11-20-21-12-23)8-17(18)15(4)9-19(24,5)6/h7-8,10-13,15H,9H2,1-6H3/b22-10-/t15-/m0/s1. The van der Waals surface area contributed by atoms with Crippen LogP contribution in [0.5, 0.6) is 0 Å². The lowest BCUT2D eigenvalue weighted by molar-refractivity contribution is 0.356. The van der Waals surface area contributed by atoms with Crippen LogP contribution in [0.15, 0.2) is 29.9 Å². The number of fused-ring (bicyclic) bond motifs is 1. The molecule has 1 aromatic carbocycles. The molecule has 0 bridgehead atoms. The lowest BCUT2D eigenvalue weighted by Crippen LogP contribution is -2.51. The van der Waals surface area contributed by atoms with Crippen LogP contribution in [0.2, 0.25) is 0 Å². The van der Waals surface area contributed by atoms with Gasteiger partial charge in [-0.15, -0.1) is 10.2 Å². The van der Waals surface area contributed by atoms with Gasteiger partial charge in [0, 0.05) is 17.3 Å². The highest BCUT2D eigenvalue weighted by Gasteiger charge is 2.37. The Balaban J connectivity index is 2.05. The van der Waals surface area contributed by atoms with E-state index in [1.807, 2.05) is 6.21 Å². The number of rotatable bonds is 3. The van der Waals surface area contributed by atoms with E-state index in [9.17, 15) is 0 Å². The van der Waals surface area contributed by atoms with Crippen molar-refractivity contribution in [2.24, 2.45) is 5.10 Å². The minimum absolute atomic E-state index is 0.172. The van der Waals surface area contributed by atoms with E-state index in [1.54, 1.807) is 17.3 Å². The van der Waals surface area contributed by atoms with Crippen molar-refractivity contribution in [2.45, 2.75) is 65.5 Å². The predicted molar refractivity (Wildman–Crippen MR) is 98.9 cm³/mol. The Morgan fingerprint density at radius 1 is 1.25 bits per heavy atom. The first-order valence-corrected chi connectivity index (χ1v) is 8.62. The summed E-state index contributed by atoms with van der Waals surface area (Å²) < 4.78 is 1.62. The van der Waals surface area contributed by atoms with Gasteiger partial charge in [-0.1, -0.05) is 6.92 Å². The topological polar surface area (TPSA) is 46.3 Å². The number of aromatic nitrogens is 3. The Bertz CT molecular complexity index is 743. The zero-order valence-electron chi connectivity index (χ0n) is 15.5. The molecule has 0 aliphatic carbocycles. The first-order valence-electron chi connectivity index (χ1n) is 8.62. The van der Waals surface area contributed by atoms with Gasteiger partial charge >= 0.3 is 0 Å². The highest BCUT2D eigenvalue weighted by Crippen LogP contribution is 2.45. The molecule has 0 unspecified atom stereocenters. The summed E-state index contributed by atoms with van der Waals surface area (Å²) in [5.74, 6) is 0.535. The van der Waals surface area contributed by atoms with Crippen LogP contribution in [0.4, 0.5) is 5.69 Å². The van der Waals surface area contributed by atoms with Gasteiger partial charge in [0.2, 0.25) is 0 Å². The quantitative estimate of drug-likeness (QED) is 0.802. The molecule has 0 saturated heterocycles. The summed E-state index contributed by atoms with van der Waals surface area (Å²) in [5.41, 5.74) is 5.34. The molecule has 0 spiro atoms. The maximum absolute atomic E-state index is 4.41. The van der Waals surface area contributed by atoms with E-state index in [0.29, 0.717) is 12.0 Å². The maximum Gasteiger partial charge on any atom is 0.141 e. The fourth-order valence-electron chi connectivity index (χ4n) is 4.11. The van der Waals surface area contributed by atoms with Gasteiger partial charge < -0.3 is 4.90 Å². The second-order valence-corrected chi connectivity index (χ2v) is 7.74. The van der Waals surface area contributed by atoms with Crippen molar-refractivity contribution in [1.29, 1.82) is 0 Å². The molecule has 1 aliphatic rings. The van der Waals surface area contributed by atoms with E-state index in [1.165, 1.54) is 16.8 Å². The van der Waals surface area contributed by atoms with Gasteiger partial charge in [0.15, 0.2) is 0 Å². The van der Waals surface area contributed by atoms with Gasteiger partial charge in [-0.25, -0.2) is 4.68 Å². The van der Waals surface area contributed by atoms with Crippen molar-refractivity contribution in [3.63, 3.8) is 0 Å². The van der Waals surface area contributed by atoms with Crippen molar-refractivity contribution >= 4 is 11.9 Å². The Kier molecular flexibility index (Phi) is 4.20. The minimum atomic E-state index is 0.172. The van der Waals surface area contributed by atoms with Gasteiger partial charge in [0.1, 0.15) is 12.7 Å². The molecular formula is C19H27N5. The SMILES string of the molecule is Cc1cc2c(cc1/C=N\n1cnnc1)[C@@H](C)CC(C)(C)N2C(C)C. The van der Waals surface area contributed by atoms with Crippen molar-refractivity contribution in [3.05, 3.63) is 41.5 Å². The van der Waals surface area contributed by atoms with Crippen LogP contribution >= 0.6 is 0 Å². The Hall–Kier alpha value is -2.17. The third kappa shape index (κ3) is 2.95. The van der Waals surface area contributed by atoms with Crippen LogP contribution in [0.3, 0.4) is 0 Å². The third-order valence-corrected chi connectivity index (χ3v) is 4.92. The lowest BCUT2D eigenvalue weighted by atomic mass is 9.78. The zero-order valence-corrected chi connectivity index (χ0v) is 15.5. The number of anilines is 1. The molecule has 2 heterocycles. The second kappa shape index (κ2) is 6.04. The van der Waals surface area contributed by atoms with E-state index in [4.69, 9.17) is 0 Å². The molecule has 128 valence electrons. The molecule has 0 saturated carbocycles. The largest absolute Gasteiger partial charge is 0.364 e. The summed E-state index contributed by atoms with van der Waals surface area (Å²) in [6, 6.07) is 5.09. The van der Waals surface area contributed by atoms with Crippen LogP contribution in [-0.4, -0.2) is 32.7 Å². The normalized spacial score (nSPS) is 20.0.